The molecule has 3 aromatic rings. The Kier molecular flexibility index (Phi) is 10.4. The van der Waals surface area contributed by atoms with Crippen LogP contribution in [0.3, 0.4) is 0 Å². The number of amides is 1. The largest absolute Gasteiger partial charge is 1.00 e. The van der Waals surface area contributed by atoms with Crippen LogP contribution in [0.2, 0.25) is 0 Å². The number of halogens is 1. The van der Waals surface area contributed by atoms with Gasteiger partial charge in [0, 0.05) is 6.92 Å². The van der Waals surface area contributed by atoms with Crippen LogP contribution in [0.5, 0.6) is 0 Å². The van der Waals surface area contributed by atoms with Gasteiger partial charge in [0.25, 0.3) is 5.82 Å². The molecule has 0 spiro atoms. The van der Waals surface area contributed by atoms with E-state index < -0.39 is 5.41 Å². The molecule has 0 saturated heterocycles. The highest BCUT2D eigenvalue weighted by molar-refractivity contribution is 5.91. The number of nitrogens with zero attached hydrogens (tertiary/aromatic N) is 2. The van der Waals surface area contributed by atoms with E-state index in [0.717, 1.165) is 36.9 Å². The molecule has 194 valence electrons. The van der Waals surface area contributed by atoms with E-state index in [1.807, 2.05) is 36.4 Å². The molecular weight excluding hydrogens is 510 g/mol. The van der Waals surface area contributed by atoms with E-state index in [2.05, 4.69) is 59.6 Å². The SMILES string of the molecule is CCCCCCCC[n+]1ccn([C@@H]2CC[C@H](C(C(N)=O)(c3ccccc3)c3ccccc3)C2)c1C.[Br-]. The summed E-state index contributed by atoms with van der Waals surface area (Å²) in [6.45, 7) is 5.59. The molecule has 1 heterocycles. The number of carbonyl (C=O) groups excluding carboxylic acids is 1. The number of primary amides is 1. The second-order valence-corrected chi connectivity index (χ2v) is 10.3. The van der Waals surface area contributed by atoms with Crippen LogP contribution in [-0.2, 0) is 16.8 Å². The summed E-state index contributed by atoms with van der Waals surface area (Å²) < 4.78 is 4.85. The highest BCUT2D eigenvalue weighted by Crippen LogP contribution is 2.49. The minimum absolute atomic E-state index is 0. The number of aromatic nitrogens is 2. The maximum atomic E-state index is 13.3. The molecule has 0 bridgehead atoms. The molecule has 1 aliphatic carbocycles. The number of aryl methyl sites for hydroxylation is 1. The summed E-state index contributed by atoms with van der Waals surface area (Å²) in [7, 11) is 0. The summed E-state index contributed by atoms with van der Waals surface area (Å²) >= 11 is 0. The van der Waals surface area contributed by atoms with Crippen LogP contribution in [0.1, 0.15) is 87.7 Å². The summed E-state index contributed by atoms with van der Waals surface area (Å²) in [6.07, 6.45) is 15.4. The van der Waals surface area contributed by atoms with E-state index in [1.54, 1.807) is 0 Å². The summed E-state index contributed by atoms with van der Waals surface area (Å²) in [5, 5.41) is 0. The summed E-state index contributed by atoms with van der Waals surface area (Å²) in [5.74, 6) is 1.22. The Bertz CT molecular complexity index is 1040. The molecule has 2 N–H and O–H groups in total. The lowest BCUT2D eigenvalue weighted by Crippen LogP contribution is -3.00. The molecule has 5 heteroatoms. The molecule has 1 amide bonds. The highest BCUT2D eigenvalue weighted by atomic mass is 79.9. The molecule has 4 rings (SSSR count). The van der Waals surface area contributed by atoms with Crippen LogP contribution < -0.4 is 27.3 Å². The number of rotatable bonds is 12. The second-order valence-electron chi connectivity index (χ2n) is 10.3. The van der Waals surface area contributed by atoms with Crippen LogP contribution in [-0.4, -0.2) is 10.5 Å². The summed E-state index contributed by atoms with van der Waals surface area (Å²) in [6, 6.07) is 20.7. The fourth-order valence-corrected chi connectivity index (χ4v) is 6.33. The van der Waals surface area contributed by atoms with Crippen LogP contribution in [0.15, 0.2) is 73.1 Å². The topological polar surface area (TPSA) is 51.9 Å². The van der Waals surface area contributed by atoms with Crippen LogP contribution in [0.4, 0.5) is 0 Å². The number of hydrogen-bond acceptors (Lipinski definition) is 1. The summed E-state index contributed by atoms with van der Waals surface area (Å²) in [4.78, 5) is 13.3. The third kappa shape index (κ3) is 5.77. The minimum Gasteiger partial charge on any atom is -1.00 e. The number of nitrogens with two attached hydrogens (primary N) is 1. The Balaban J connectivity index is 0.00000361. The van der Waals surface area contributed by atoms with Crippen LogP contribution in [0, 0.1) is 12.8 Å². The Morgan fingerprint density at radius 2 is 1.53 bits per heavy atom. The molecule has 0 aliphatic heterocycles. The van der Waals surface area contributed by atoms with Gasteiger partial charge >= 0.3 is 0 Å². The van der Waals surface area contributed by atoms with Crippen molar-refractivity contribution in [1.29, 1.82) is 0 Å². The van der Waals surface area contributed by atoms with E-state index in [4.69, 9.17) is 5.73 Å². The highest BCUT2D eigenvalue weighted by Gasteiger charge is 2.51. The van der Waals surface area contributed by atoms with Gasteiger partial charge in [0.15, 0.2) is 0 Å². The third-order valence-corrected chi connectivity index (χ3v) is 8.21. The van der Waals surface area contributed by atoms with Gasteiger partial charge in [-0.05, 0) is 49.1 Å². The van der Waals surface area contributed by atoms with E-state index in [9.17, 15) is 4.79 Å². The first-order chi connectivity index (χ1) is 17.1. The van der Waals surface area contributed by atoms with E-state index in [0.29, 0.717) is 6.04 Å². The zero-order chi connectivity index (χ0) is 24.7. The molecule has 0 unspecified atom stereocenters. The van der Waals surface area contributed by atoms with Crippen molar-refractivity contribution >= 4 is 5.91 Å². The lowest BCUT2D eigenvalue weighted by atomic mass is 9.64. The van der Waals surface area contributed by atoms with Crippen LogP contribution >= 0.6 is 0 Å². The van der Waals surface area contributed by atoms with Crippen molar-refractivity contribution in [3.05, 3.63) is 90.0 Å². The molecule has 2 aromatic carbocycles. The van der Waals surface area contributed by atoms with Gasteiger partial charge in [-0.2, -0.15) is 0 Å². The van der Waals surface area contributed by atoms with Gasteiger partial charge in [0.05, 0.1) is 6.54 Å². The number of carbonyl (C=O) groups is 1. The first-order valence-corrected chi connectivity index (χ1v) is 13.6. The molecule has 1 aromatic heterocycles. The Morgan fingerprint density at radius 3 is 2.11 bits per heavy atom. The monoisotopic (exact) mass is 551 g/mol. The van der Waals surface area contributed by atoms with Crippen LogP contribution in [0.25, 0.3) is 0 Å². The average Bonchev–Trinajstić information content (AvgIpc) is 3.50. The van der Waals surface area contributed by atoms with Gasteiger partial charge in [-0.15, -0.1) is 0 Å². The fraction of sp³-hybridized carbons (Fsp3) is 0.484. The number of imidazole rings is 1. The first-order valence-electron chi connectivity index (χ1n) is 13.6. The standard InChI is InChI=1S/C31H41N3O.BrH/c1-3-4-5-6-7-14-21-33-22-23-34(25(33)2)29-20-19-28(24-29)31(30(32)35,26-15-10-8-11-16-26)27-17-12-9-13-18-27;/h8-13,15-18,22-23,28-29H,3-7,14,19-21,24H2,1-2H3,(H-,32,35);1H/t28-,29+;/m0./s1. The predicted octanol–water partition coefficient (Wildman–Crippen LogP) is 3.26. The fourth-order valence-electron chi connectivity index (χ4n) is 6.33. The Labute approximate surface area is 227 Å². The maximum absolute atomic E-state index is 13.3. The molecule has 2 atom stereocenters. The summed E-state index contributed by atoms with van der Waals surface area (Å²) in [5.41, 5.74) is 7.48. The van der Waals surface area contributed by atoms with E-state index in [-0.39, 0.29) is 28.8 Å². The third-order valence-electron chi connectivity index (χ3n) is 8.21. The van der Waals surface area contributed by atoms with Crippen molar-refractivity contribution in [1.82, 2.24) is 4.57 Å². The van der Waals surface area contributed by atoms with Gasteiger partial charge < -0.3 is 22.7 Å². The predicted molar refractivity (Wildman–Crippen MR) is 142 cm³/mol. The van der Waals surface area contributed by atoms with Crippen molar-refractivity contribution in [2.45, 2.75) is 89.6 Å². The number of hydrogen-bond donors (Lipinski definition) is 1. The molecule has 36 heavy (non-hydrogen) atoms. The lowest BCUT2D eigenvalue weighted by Gasteiger charge is -2.37. The zero-order valence-corrected chi connectivity index (χ0v) is 23.5. The lowest BCUT2D eigenvalue weighted by molar-refractivity contribution is -0.703. The first kappa shape index (κ1) is 28.2. The van der Waals surface area contributed by atoms with Gasteiger partial charge in [-0.1, -0.05) is 93.3 Å². The Hall–Kier alpha value is -2.40. The van der Waals surface area contributed by atoms with Crippen molar-refractivity contribution in [2.75, 3.05) is 0 Å². The number of benzene rings is 2. The molecule has 1 fully saturated rings. The average molecular weight is 553 g/mol. The quantitative estimate of drug-likeness (QED) is 0.272. The Morgan fingerprint density at radius 1 is 0.944 bits per heavy atom. The van der Waals surface area contributed by atoms with Gasteiger partial charge in [0.2, 0.25) is 5.91 Å². The normalized spacial score (nSPS) is 17.6. The molecule has 1 aliphatic rings. The van der Waals surface area contributed by atoms with Gasteiger partial charge in [0.1, 0.15) is 23.9 Å². The molecule has 1 saturated carbocycles. The van der Waals surface area contributed by atoms with Gasteiger partial charge in [-0.3, -0.25) is 4.79 Å². The van der Waals surface area contributed by atoms with Crippen molar-refractivity contribution in [2.24, 2.45) is 11.7 Å². The van der Waals surface area contributed by atoms with Crippen molar-refractivity contribution in [3.63, 3.8) is 0 Å². The molecule has 4 nitrogen and oxygen atoms in total. The number of unbranched alkanes of at least 4 members (excludes halogenated alkanes) is 5. The van der Waals surface area contributed by atoms with Crippen molar-refractivity contribution in [3.8, 4) is 0 Å². The van der Waals surface area contributed by atoms with E-state index >= 15 is 0 Å². The molecule has 0 radical (unpaired) electrons. The second kappa shape index (κ2) is 13.2. The zero-order valence-electron chi connectivity index (χ0n) is 21.9. The smallest absolute Gasteiger partial charge is 0.253 e. The van der Waals surface area contributed by atoms with Gasteiger partial charge in [-0.25, -0.2) is 9.13 Å². The minimum atomic E-state index is -0.813. The molecular formula is C31H42BrN3O. The van der Waals surface area contributed by atoms with Crippen molar-refractivity contribution < 1.29 is 26.3 Å². The van der Waals surface area contributed by atoms with E-state index in [1.165, 1.54) is 44.3 Å². The maximum Gasteiger partial charge on any atom is 0.253 e.